The van der Waals surface area contributed by atoms with E-state index in [1.165, 1.54) is 11.1 Å². The molecule has 4 heteroatoms. The van der Waals surface area contributed by atoms with Gasteiger partial charge >= 0.3 is 0 Å². The third-order valence-corrected chi connectivity index (χ3v) is 3.38. The van der Waals surface area contributed by atoms with E-state index < -0.39 is 0 Å². The molecule has 1 heterocycles. The van der Waals surface area contributed by atoms with Crippen molar-refractivity contribution in [3.8, 4) is 5.75 Å². The van der Waals surface area contributed by atoms with Gasteiger partial charge in [-0.05, 0) is 20.0 Å². The number of benzene rings is 1. The number of morpholine rings is 1. The number of ether oxygens (including phenoxy) is 2. The topological polar surface area (TPSA) is 42.5 Å². The molecular formula is C14H22N2O2. The van der Waals surface area contributed by atoms with Crippen LogP contribution in [0.1, 0.15) is 17.2 Å². The van der Waals surface area contributed by atoms with Gasteiger partial charge in [0.15, 0.2) is 0 Å². The van der Waals surface area contributed by atoms with Gasteiger partial charge in [-0.1, -0.05) is 17.7 Å². The zero-order valence-corrected chi connectivity index (χ0v) is 11.3. The maximum absolute atomic E-state index is 5.55. The molecule has 1 aliphatic rings. The molecule has 0 saturated carbocycles. The van der Waals surface area contributed by atoms with Crippen molar-refractivity contribution in [2.75, 3.05) is 33.9 Å². The van der Waals surface area contributed by atoms with Gasteiger partial charge in [-0.2, -0.15) is 0 Å². The van der Waals surface area contributed by atoms with Crippen LogP contribution in [0.15, 0.2) is 18.2 Å². The van der Waals surface area contributed by atoms with E-state index in [-0.39, 0.29) is 12.1 Å². The second kappa shape index (κ2) is 6.18. The van der Waals surface area contributed by atoms with Crippen LogP contribution in [0.5, 0.6) is 5.75 Å². The van der Waals surface area contributed by atoms with Gasteiger partial charge in [0.1, 0.15) is 5.75 Å². The van der Waals surface area contributed by atoms with E-state index in [2.05, 4.69) is 29.7 Å². The van der Waals surface area contributed by atoms with Crippen LogP contribution in [0, 0.1) is 6.92 Å². The highest BCUT2D eigenvalue weighted by molar-refractivity contribution is 5.40. The van der Waals surface area contributed by atoms with Crippen molar-refractivity contribution in [1.29, 1.82) is 0 Å². The van der Waals surface area contributed by atoms with Crippen LogP contribution in [-0.4, -0.2) is 40.0 Å². The van der Waals surface area contributed by atoms with Crippen LogP contribution in [0.2, 0.25) is 0 Å². The first-order valence-corrected chi connectivity index (χ1v) is 6.39. The van der Waals surface area contributed by atoms with Crippen molar-refractivity contribution in [3.63, 3.8) is 0 Å². The molecule has 4 nitrogen and oxygen atoms in total. The average Bonchev–Trinajstić information content (AvgIpc) is 2.41. The number of hydrogen-bond donors (Lipinski definition) is 2. The van der Waals surface area contributed by atoms with Gasteiger partial charge in [0, 0.05) is 12.1 Å². The normalized spacial score (nSPS) is 21.6. The molecule has 0 spiro atoms. The molecule has 2 atom stereocenters. The minimum Gasteiger partial charge on any atom is -0.496 e. The van der Waals surface area contributed by atoms with Gasteiger partial charge in [-0.15, -0.1) is 0 Å². The Bertz CT molecular complexity index is 389. The number of rotatable bonds is 4. The SMILES string of the molecule is CNC(c1cc(C)ccc1OC)C1COCCN1. The van der Waals surface area contributed by atoms with Gasteiger partial charge in [-0.3, -0.25) is 0 Å². The van der Waals surface area contributed by atoms with Gasteiger partial charge in [0.05, 0.1) is 32.4 Å². The quantitative estimate of drug-likeness (QED) is 0.844. The molecule has 1 aromatic carbocycles. The Labute approximate surface area is 109 Å². The molecule has 2 rings (SSSR count). The minimum absolute atomic E-state index is 0.195. The highest BCUT2D eigenvalue weighted by atomic mass is 16.5. The first-order chi connectivity index (χ1) is 8.76. The predicted octanol–water partition coefficient (Wildman–Crippen LogP) is 1.25. The van der Waals surface area contributed by atoms with Crippen molar-refractivity contribution in [1.82, 2.24) is 10.6 Å². The Morgan fingerprint density at radius 2 is 2.33 bits per heavy atom. The summed E-state index contributed by atoms with van der Waals surface area (Å²) in [6, 6.07) is 6.74. The Kier molecular flexibility index (Phi) is 4.58. The second-order valence-corrected chi connectivity index (χ2v) is 4.65. The lowest BCUT2D eigenvalue weighted by molar-refractivity contribution is 0.0642. The molecular weight excluding hydrogens is 228 g/mol. The van der Waals surface area contributed by atoms with Crippen LogP contribution in [0.25, 0.3) is 0 Å². The zero-order chi connectivity index (χ0) is 13.0. The van der Waals surface area contributed by atoms with Crippen molar-refractivity contribution in [2.45, 2.75) is 19.0 Å². The van der Waals surface area contributed by atoms with Crippen LogP contribution >= 0.6 is 0 Å². The molecule has 1 aliphatic heterocycles. The maximum Gasteiger partial charge on any atom is 0.123 e. The van der Waals surface area contributed by atoms with Crippen molar-refractivity contribution < 1.29 is 9.47 Å². The summed E-state index contributed by atoms with van der Waals surface area (Å²) in [5.74, 6) is 0.923. The summed E-state index contributed by atoms with van der Waals surface area (Å²) >= 11 is 0. The lowest BCUT2D eigenvalue weighted by atomic mass is 9.96. The molecule has 0 amide bonds. The van der Waals surface area contributed by atoms with Gasteiger partial charge in [-0.25, -0.2) is 0 Å². The molecule has 1 aromatic rings. The van der Waals surface area contributed by atoms with E-state index in [1.54, 1.807) is 7.11 Å². The number of nitrogens with one attached hydrogen (secondary N) is 2. The fourth-order valence-electron chi connectivity index (χ4n) is 2.47. The summed E-state index contributed by atoms with van der Waals surface area (Å²) in [5, 5.41) is 6.86. The zero-order valence-electron chi connectivity index (χ0n) is 11.3. The molecule has 0 bridgehead atoms. The van der Waals surface area contributed by atoms with E-state index in [9.17, 15) is 0 Å². The molecule has 1 saturated heterocycles. The fraction of sp³-hybridized carbons (Fsp3) is 0.571. The summed E-state index contributed by atoms with van der Waals surface area (Å²) in [7, 11) is 3.69. The summed E-state index contributed by atoms with van der Waals surface area (Å²) in [5.41, 5.74) is 2.42. The van der Waals surface area contributed by atoms with Crippen LogP contribution in [0.3, 0.4) is 0 Å². The van der Waals surface area contributed by atoms with Crippen molar-refractivity contribution >= 4 is 0 Å². The average molecular weight is 250 g/mol. The lowest BCUT2D eigenvalue weighted by Crippen LogP contribution is -2.48. The van der Waals surface area contributed by atoms with Crippen molar-refractivity contribution in [2.24, 2.45) is 0 Å². The van der Waals surface area contributed by atoms with E-state index in [0.717, 1.165) is 25.5 Å². The second-order valence-electron chi connectivity index (χ2n) is 4.65. The molecule has 1 fully saturated rings. The number of aryl methyl sites for hydroxylation is 1. The minimum atomic E-state index is 0.195. The van der Waals surface area contributed by atoms with E-state index in [4.69, 9.17) is 9.47 Å². The summed E-state index contributed by atoms with van der Waals surface area (Å²) in [4.78, 5) is 0. The predicted molar refractivity (Wildman–Crippen MR) is 72.1 cm³/mol. The largest absolute Gasteiger partial charge is 0.496 e. The highest BCUT2D eigenvalue weighted by Crippen LogP contribution is 2.28. The fourth-order valence-corrected chi connectivity index (χ4v) is 2.47. The molecule has 0 aliphatic carbocycles. The van der Waals surface area contributed by atoms with Crippen LogP contribution in [-0.2, 0) is 4.74 Å². The lowest BCUT2D eigenvalue weighted by Gasteiger charge is -2.32. The summed E-state index contributed by atoms with van der Waals surface area (Å²) in [6.07, 6.45) is 0. The number of hydrogen-bond acceptors (Lipinski definition) is 4. The standard InChI is InChI=1S/C14H22N2O2/c1-10-4-5-13(17-3)11(8-10)14(15-2)12-9-18-7-6-16-12/h4-5,8,12,14-16H,6-7,9H2,1-3H3. The summed E-state index contributed by atoms with van der Waals surface area (Å²) in [6.45, 7) is 4.51. The van der Waals surface area contributed by atoms with Crippen LogP contribution in [0.4, 0.5) is 0 Å². The van der Waals surface area contributed by atoms with Crippen molar-refractivity contribution in [3.05, 3.63) is 29.3 Å². The molecule has 18 heavy (non-hydrogen) atoms. The highest BCUT2D eigenvalue weighted by Gasteiger charge is 2.26. The molecule has 0 aromatic heterocycles. The molecule has 2 N–H and O–H groups in total. The first-order valence-electron chi connectivity index (χ1n) is 6.39. The third kappa shape index (κ3) is 2.83. The monoisotopic (exact) mass is 250 g/mol. The molecule has 2 unspecified atom stereocenters. The van der Waals surface area contributed by atoms with Gasteiger partial charge < -0.3 is 20.1 Å². The summed E-state index contributed by atoms with van der Waals surface area (Å²) < 4.78 is 11.0. The maximum atomic E-state index is 5.55. The number of methoxy groups -OCH3 is 1. The Morgan fingerprint density at radius 3 is 2.94 bits per heavy atom. The van der Waals surface area contributed by atoms with Gasteiger partial charge in [0.25, 0.3) is 0 Å². The van der Waals surface area contributed by atoms with E-state index in [0.29, 0.717) is 0 Å². The Morgan fingerprint density at radius 1 is 1.50 bits per heavy atom. The van der Waals surface area contributed by atoms with E-state index >= 15 is 0 Å². The number of likely N-dealkylation sites (N-methyl/N-ethyl adjacent to an activating group) is 1. The first kappa shape index (κ1) is 13.3. The smallest absolute Gasteiger partial charge is 0.123 e. The third-order valence-electron chi connectivity index (χ3n) is 3.38. The van der Waals surface area contributed by atoms with Crippen LogP contribution < -0.4 is 15.4 Å². The van der Waals surface area contributed by atoms with Gasteiger partial charge in [0.2, 0.25) is 0 Å². The molecule has 0 radical (unpaired) electrons. The Balaban J connectivity index is 2.27. The molecule has 100 valence electrons. The van der Waals surface area contributed by atoms with E-state index in [1.807, 2.05) is 13.1 Å². The Hall–Kier alpha value is -1.10.